The average Bonchev–Trinajstić information content (AvgIpc) is 2.39. The van der Waals surface area contributed by atoms with Crippen LogP contribution in [0.2, 0.25) is 5.02 Å². The van der Waals surface area contributed by atoms with E-state index in [1.54, 1.807) is 6.07 Å². The lowest BCUT2D eigenvalue weighted by Crippen LogP contribution is -2.32. The van der Waals surface area contributed by atoms with Gasteiger partial charge in [-0.05, 0) is 18.2 Å². The number of hydrogen-bond donors (Lipinski definition) is 3. The molecule has 0 aliphatic heterocycles. The van der Waals surface area contributed by atoms with E-state index in [9.17, 15) is 8.42 Å². The molecule has 0 bridgehead atoms. The molecule has 20 heavy (non-hydrogen) atoms. The smallest absolute Gasteiger partial charge is 0.299 e. The summed E-state index contributed by atoms with van der Waals surface area (Å²) in [7, 11) is -2.25. The van der Waals surface area contributed by atoms with Gasteiger partial charge in [-0.15, -0.1) is 0 Å². The Morgan fingerprint density at radius 3 is 2.85 bits per heavy atom. The van der Waals surface area contributed by atoms with Crippen LogP contribution in [0.5, 0.6) is 0 Å². The van der Waals surface area contributed by atoms with Gasteiger partial charge in [0.05, 0.1) is 17.3 Å². The molecule has 0 saturated carbocycles. The Labute approximate surface area is 123 Å². The molecule has 0 unspecified atom stereocenters. The van der Waals surface area contributed by atoms with E-state index in [2.05, 4.69) is 21.3 Å². The molecule has 110 valence electrons. The topological polar surface area (TPSA) is 87.7 Å². The van der Waals surface area contributed by atoms with Gasteiger partial charge in [0, 0.05) is 19.2 Å². The van der Waals surface area contributed by atoms with Crippen LogP contribution < -0.4 is 9.44 Å². The lowest BCUT2D eigenvalue weighted by Gasteiger charge is -2.10. The highest BCUT2D eigenvalue weighted by molar-refractivity contribution is 7.90. The van der Waals surface area contributed by atoms with Gasteiger partial charge >= 0.3 is 0 Å². The summed E-state index contributed by atoms with van der Waals surface area (Å²) in [5, 5.41) is 8.87. The summed E-state index contributed by atoms with van der Waals surface area (Å²) in [6.07, 6.45) is 0. The van der Waals surface area contributed by atoms with E-state index in [4.69, 9.17) is 21.4 Å². The zero-order valence-corrected chi connectivity index (χ0v) is 12.4. The zero-order valence-electron chi connectivity index (χ0n) is 10.8. The third-order valence-corrected chi connectivity index (χ3v) is 3.52. The second-order valence-electron chi connectivity index (χ2n) is 3.65. The van der Waals surface area contributed by atoms with Crippen molar-refractivity contribution in [2.24, 2.45) is 0 Å². The molecule has 0 radical (unpaired) electrons. The van der Waals surface area contributed by atoms with E-state index in [1.165, 1.54) is 19.2 Å². The van der Waals surface area contributed by atoms with E-state index < -0.39 is 10.2 Å². The Kier molecular flexibility index (Phi) is 6.78. The fraction of sp³-hybridized carbons (Fsp3) is 0.333. The first-order chi connectivity index (χ1) is 9.48. The summed E-state index contributed by atoms with van der Waals surface area (Å²) < 4.78 is 32.8. The van der Waals surface area contributed by atoms with Crippen LogP contribution in [0.4, 0.5) is 5.69 Å². The van der Waals surface area contributed by atoms with Crippen molar-refractivity contribution in [2.45, 2.75) is 0 Å². The van der Waals surface area contributed by atoms with Gasteiger partial charge in [0.2, 0.25) is 0 Å². The van der Waals surface area contributed by atoms with Gasteiger partial charge in [0.1, 0.15) is 6.61 Å². The molecular formula is C12H15ClN2O4S. The molecule has 8 heteroatoms. The summed E-state index contributed by atoms with van der Waals surface area (Å²) in [4.78, 5) is 0. The number of halogens is 1. The minimum absolute atomic E-state index is 0.146. The standard InChI is InChI=1S/C12H15ClN2O4S/c1-19-8-6-14-20(17,18)15-12-9-10(3-2-7-16)4-5-11(12)13/h4-5,9,14-16H,6-8H2,1H3. The van der Waals surface area contributed by atoms with E-state index in [0.717, 1.165) is 0 Å². The predicted molar refractivity (Wildman–Crippen MR) is 77.8 cm³/mol. The van der Waals surface area contributed by atoms with E-state index in [1.807, 2.05) is 0 Å². The first kappa shape index (κ1) is 16.8. The van der Waals surface area contributed by atoms with Crippen LogP contribution in [-0.2, 0) is 14.9 Å². The fourth-order valence-electron chi connectivity index (χ4n) is 1.28. The van der Waals surface area contributed by atoms with Gasteiger partial charge in [-0.3, -0.25) is 4.72 Å². The SMILES string of the molecule is COCCNS(=O)(=O)Nc1cc(C#CCO)ccc1Cl. The van der Waals surface area contributed by atoms with Crippen molar-refractivity contribution in [3.05, 3.63) is 28.8 Å². The summed E-state index contributed by atoms with van der Waals surface area (Å²) in [6, 6.07) is 4.64. The van der Waals surface area contributed by atoms with Crippen molar-refractivity contribution in [2.75, 3.05) is 31.6 Å². The van der Waals surface area contributed by atoms with Crippen molar-refractivity contribution in [3.63, 3.8) is 0 Å². The molecule has 1 aromatic carbocycles. The Morgan fingerprint density at radius 1 is 1.45 bits per heavy atom. The third kappa shape index (κ3) is 5.77. The predicted octanol–water partition coefficient (Wildman–Crippen LogP) is 0.576. The van der Waals surface area contributed by atoms with Crippen LogP contribution in [0.25, 0.3) is 0 Å². The second kappa shape index (κ2) is 8.09. The molecule has 0 heterocycles. The number of anilines is 1. The van der Waals surface area contributed by atoms with E-state index in [-0.39, 0.29) is 30.5 Å². The van der Waals surface area contributed by atoms with Gasteiger partial charge in [0.15, 0.2) is 0 Å². The Bertz CT molecular complexity index is 608. The highest BCUT2D eigenvalue weighted by atomic mass is 35.5. The second-order valence-corrected chi connectivity index (χ2v) is 5.55. The highest BCUT2D eigenvalue weighted by Gasteiger charge is 2.11. The number of hydrogen-bond acceptors (Lipinski definition) is 4. The molecular weight excluding hydrogens is 304 g/mol. The van der Waals surface area contributed by atoms with Gasteiger partial charge < -0.3 is 9.84 Å². The van der Waals surface area contributed by atoms with Gasteiger partial charge in [-0.25, -0.2) is 0 Å². The quantitative estimate of drug-likeness (QED) is 0.529. The summed E-state index contributed by atoms with van der Waals surface area (Å²) in [5.74, 6) is 5.14. The number of benzene rings is 1. The van der Waals surface area contributed by atoms with Crippen LogP contribution in [-0.4, -0.2) is 40.4 Å². The first-order valence-electron chi connectivity index (χ1n) is 5.64. The Hall–Kier alpha value is -1.30. The molecule has 0 aliphatic carbocycles. The Morgan fingerprint density at radius 2 is 2.20 bits per heavy atom. The van der Waals surface area contributed by atoms with Crippen LogP contribution >= 0.6 is 11.6 Å². The van der Waals surface area contributed by atoms with Crippen LogP contribution in [0.15, 0.2) is 18.2 Å². The Balaban J connectivity index is 2.85. The minimum atomic E-state index is -3.73. The number of aliphatic hydroxyl groups excluding tert-OH is 1. The van der Waals surface area contributed by atoms with Crippen molar-refractivity contribution in [1.29, 1.82) is 0 Å². The van der Waals surface area contributed by atoms with E-state index in [0.29, 0.717) is 5.56 Å². The first-order valence-corrected chi connectivity index (χ1v) is 7.50. The number of methoxy groups -OCH3 is 1. The maximum atomic E-state index is 11.7. The van der Waals surface area contributed by atoms with Gasteiger partial charge in [0.25, 0.3) is 10.2 Å². The molecule has 0 atom stereocenters. The zero-order chi connectivity index (χ0) is 15.0. The van der Waals surface area contributed by atoms with Crippen molar-refractivity contribution >= 4 is 27.5 Å². The molecule has 0 aromatic heterocycles. The number of nitrogens with one attached hydrogen (secondary N) is 2. The van der Waals surface area contributed by atoms with Crippen molar-refractivity contribution < 1.29 is 18.3 Å². The largest absolute Gasteiger partial charge is 0.384 e. The minimum Gasteiger partial charge on any atom is -0.384 e. The van der Waals surface area contributed by atoms with Crippen molar-refractivity contribution in [1.82, 2.24) is 4.72 Å². The molecule has 0 saturated heterocycles. The number of ether oxygens (including phenoxy) is 1. The maximum absolute atomic E-state index is 11.7. The fourth-order valence-corrected chi connectivity index (χ4v) is 2.39. The summed E-state index contributed by atoms with van der Waals surface area (Å²) in [5.41, 5.74) is 0.749. The van der Waals surface area contributed by atoms with Crippen molar-refractivity contribution in [3.8, 4) is 11.8 Å². The molecule has 1 aromatic rings. The summed E-state index contributed by atoms with van der Waals surface area (Å²) >= 11 is 5.92. The monoisotopic (exact) mass is 318 g/mol. The van der Waals surface area contributed by atoms with Crippen LogP contribution in [0.1, 0.15) is 5.56 Å². The number of aliphatic hydroxyl groups is 1. The third-order valence-electron chi connectivity index (χ3n) is 2.12. The normalized spacial score (nSPS) is 10.8. The van der Waals surface area contributed by atoms with Gasteiger partial charge in [-0.2, -0.15) is 13.1 Å². The molecule has 0 spiro atoms. The molecule has 0 aliphatic rings. The van der Waals surface area contributed by atoms with Crippen LogP contribution in [0.3, 0.4) is 0 Å². The highest BCUT2D eigenvalue weighted by Crippen LogP contribution is 2.23. The lowest BCUT2D eigenvalue weighted by atomic mass is 10.2. The molecule has 0 amide bonds. The summed E-state index contributed by atoms with van der Waals surface area (Å²) in [6.45, 7) is 0.131. The molecule has 0 fully saturated rings. The van der Waals surface area contributed by atoms with Crippen LogP contribution in [0, 0.1) is 11.8 Å². The molecule has 6 nitrogen and oxygen atoms in total. The average molecular weight is 319 g/mol. The number of rotatable bonds is 6. The maximum Gasteiger partial charge on any atom is 0.299 e. The molecule has 1 rings (SSSR count). The van der Waals surface area contributed by atoms with Gasteiger partial charge in [-0.1, -0.05) is 23.4 Å². The molecule has 3 N–H and O–H groups in total. The van der Waals surface area contributed by atoms with E-state index >= 15 is 0 Å². The lowest BCUT2D eigenvalue weighted by molar-refractivity contribution is 0.204.